The van der Waals surface area contributed by atoms with Crippen LogP contribution in [0.15, 0.2) is 52.9 Å². The van der Waals surface area contributed by atoms with E-state index in [9.17, 15) is 0 Å². The molecule has 1 heterocycles. The van der Waals surface area contributed by atoms with E-state index in [1.165, 1.54) is 32.7 Å². The maximum Gasteiger partial charge on any atom is 0.139 e. The van der Waals surface area contributed by atoms with Gasteiger partial charge in [-0.2, -0.15) is 0 Å². The van der Waals surface area contributed by atoms with Crippen molar-refractivity contribution < 1.29 is 4.42 Å². The molecule has 0 fully saturated rings. The van der Waals surface area contributed by atoms with Crippen LogP contribution in [0.4, 0.5) is 0 Å². The quantitative estimate of drug-likeness (QED) is 0.329. The van der Waals surface area contributed by atoms with Gasteiger partial charge in [0.1, 0.15) is 11.2 Å². The number of rotatable bonds is 0. The van der Waals surface area contributed by atoms with Crippen LogP contribution < -0.4 is 0 Å². The topological polar surface area (TPSA) is 13.1 Å². The van der Waals surface area contributed by atoms with Gasteiger partial charge in [-0.1, -0.05) is 77.9 Å². The Kier molecular flexibility index (Phi) is 3.31. The zero-order valence-electron chi connectivity index (χ0n) is 16.0. The average molecular weight is 330 g/mol. The SMILES string of the molecule is CC(C)(C)c1cc(C(C)(C)C)c2oc3ccc4ccccc4c3c2c1. The summed E-state index contributed by atoms with van der Waals surface area (Å²) < 4.78 is 6.39. The lowest BCUT2D eigenvalue weighted by molar-refractivity contribution is 0.559. The Morgan fingerprint density at radius 1 is 0.720 bits per heavy atom. The second-order valence-electron chi connectivity index (χ2n) is 9.16. The number of hydrogen-bond donors (Lipinski definition) is 0. The van der Waals surface area contributed by atoms with Gasteiger partial charge in [0, 0.05) is 16.3 Å². The molecule has 0 aliphatic carbocycles. The molecule has 3 aromatic carbocycles. The summed E-state index contributed by atoms with van der Waals surface area (Å²) in [6.07, 6.45) is 0. The molecule has 4 rings (SSSR count). The lowest BCUT2D eigenvalue weighted by atomic mass is 9.79. The summed E-state index contributed by atoms with van der Waals surface area (Å²) >= 11 is 0. The first-order valence-corrected chi connectivity index (χ1v) is 9.05. The number of hydrogen-bond acceptors (Lipinski definition) is 1. The Morgan fingerprint density at radius 2 is 1.44 bits per heavy atom. The first-order chi connectivity index (χ1) is 11.7. The van der Waals surface area contributed by atoms with Crippen LogP contribution in [0.5, 0.6) is 0 Å². The van der Waals surface area contributed by atoms with Crippen LogP contribution in [0.3, 0.4) is 0 Å². The molecule has 0 atom stereocenters. The smallest absolute Gasteiger partial charge is 0.139 e. The summed E-state index contributed by atoms with van der Waals surface area (Å²) in [5.74, 6) is 0. The van der Waals surface area contributed by atoms with Crippen LogP contribution in [0.1, 0.15) is 52.7 Å². The summed E-state index contributed by atoms with van der Waals surface area (Å²) in [4.78, 5) is 0. The maximum atomic E-state index is 6.39. The van der Waals surface area contributed by atoms with Crippen molar-refractivity contribution in [1.82, 2.24) is 0 Å². The van der Waals surface area contributed by atoms with E-state index in [2.05, 4.69) is 90.1 Å². The van der Waals surface area contributed by atoms with Crippen molar-refractivity contribution in [2.75, 3.05) is 0 Å². The standard InChI is InChI=1S/C24H26O/c1-23(2,3)16-13-18-21-17-10-8-7-9-15(17)11-12-20(21)25-22(18)19(14-16)24(4,5)6/h7-14H,1-6H3. The third-order valence-corrected chi connectivity index (χ3v) is 5.14. The molecule has 0 radical (unpaired) electrons. The van der Waals surface area contributed by atoms with Gasteiger partial charge in [-0.3, -0.25) is 0 Å². The summed E-state index contributed by atoms with van der Waals surface area (Å²) in [5.41, 5.74) is 4.79. The highest BCUT2D eigenvalue weighted by Gasteiger charge is 2.25. The van der Waals surface area contributed by atoms with Gasteiger partial charge in [-0.05, 0) is 39.3 Å². The van der Waals surface area contributed by atoms with Crippen LogP contribution >= 0.6 is 0 Å². The Balaban J connectivity index is 2.25. The van der Waals surface area contributed by atoms with Crippen molar-refractivity contribution in [3.05, 3.63) is 59.7 Å². The van der Waals surface area contributed by atoms with Gasteiger partial charge >= 0.3 is 0 Å². The van der Waals surface area contributed by atoms with E-state index in [0.717, 1.165) is 11.2 Å². The summed E-state index contributed by atoms with van der Waals surface area (Å²) in [5, 5.41) is 5.01. The van der Waals surface area contributed by atoms with E-state index >= 15 is 0 Å². The molecule has 1 nitrogen and oxygen atoms in total. The van der Waals surface area contributed by atoms with Gasteiger partial charge in [0.2, 0.25) is 0 Å². The van der Waals surface area contributed by atoms with Gasteiger partial charge in [-0.25, -0.2) is 0 Å². The minimum atomic E-state index is 0.0309. The minimum absolute atomic E-state index is 0.0309. The zero-order valence-corrected chi connectivity index (χ0v) is 16.0. The molecule has 1 heteroatoms. The second-order valence-corrected chi connectivity index (χ2v) is 9.16. The predicted molar refractivity (Wildman–Crippen MR) is 109 cm³/mol. The number of fused-ring (bicyclic) bond motifs is 5. The first kappa shape index (κ1) is 16.2. The van der Waals surface area contributed by atoms with Gasteiger partial charge in [-0.15, -0.1) is 0 Å². The van der Waals surface area contributed by atoms with E-state index in [0.29, 0.717) is 0 Å². The Morgan fingerprint density at radius 3 is 2.12 bits per heavy atom. The minimum Gasteiger partial charge on any atom is -0.456 e. The van der Waals surface area contributed by atoms with Gasteiger partial charge in [0.05, 0.1) is 0 Å². The highest BCUT2D eigenvalue weighted by Crippen LogP contribution is 2.41. The fourth-order valence-electron chi connectivity index (χ4n) is 3.64. The molecule has 0 aliphatic heterocycles. The van der Waals surface area contributed by atoms with Gasteiger partial charge in [0.15, 0.2) is 0 Å². The molecule has 0 unspecified atom stereocenters. The fourth-order valence-corrected chi connectivity index (χ4v) is 3.64. The maximum absolute atomic E-state index is 6.39. The first-order valence-electron chi connectivity index (χ1n) is 9.05. The molecule has 4 aromatic rings. The molecular formula is C24H26O. The van der Waals surface area contributed by atoms with E-state index in [1.54, 1.807) is 0 Å². The van der Waals surface area contributed by atoms with Crippen LogP contribution in [-0.2, 0) is 10.8 Å². The van der Waals surface area contributed by atoms with Crippen LogP contribution in [0.25, 0.3) is 32.7 Å². The van der Waals surface area contributed by atoms with Gasteiger partial charge in [0.25, 0.3) is 0 Å². The highest BCUT2D eigenvalue weighted by molar-refractivity contribution is 6.19. The summed E-state index contributed by atoms with van der Waals surface area (Å²) in [6.45, 7) is 13.6. The van der Waals surface area contributed by atoms with Crippen molar-refractivity contribution >= 4 is 32.7 Å². The molecule has 0 bridgehead atoms. The van der Waals surface area contributed by atoms with Crippen molar-refractivity contribution in [1.29, 1.82) is 0 Å². The predicted octanol–water partition coefficient (Wildman–Crippen LogP) is 7.33. The van der Waals surface area contributed by atoms with Crippen LogP contribution in [0, 0.1) is 0 Å². The second kappa shape index (κ2) is 5.11. The molecule has 0 saturated heterocycles. The summed E-state index contributed by atoms with van der Waals surface area (Å²) in [7, 11) is 0. The largest absolute Gasteiger partial charge is 0.456 e. The Bertz CT molecular complexity index is 1100. The normalized spacial score (nSPS) is 13.2. The Hall–Kier alpha value is -2.28. The average Bonchev–Trinajstić information content (AvgIpc) is 2.91. The van der Waals surface area contributed by atoms with Crippen molar-refractivity contribution in [2.24, 2.45) is 0 Å². The fraction of sp³-hybridized carbons (Fsp3) is 0.333. The number of benzene rings is 3. The molecule has 25 heavy (non-hydrogen) atoms. The third kappa shape index (κ3) is 2.54. The molecular weight excluding hydrogens is 304 g/mol. The third-order valence-electron chi connectivity index (χ3n) is 5.14. The zero-order chi connectivity index (χ0) is 18.0. The van der Waals surface area contributed by atoms with Crippen LogP contribution in [-0.4, -0.2) is 0 Å². The van der Waals surface area contributed by atoms with E-state index in [4.69, 9.17) is 4.42 Å². The molecule has 0 spiro atoms. The lowest BCUT2D eigenvalue weighted by Gasteiger charge is -2.25. The molecule has 0 saturated carbocycles. The van der Waals surface area contributed by atoms with Crippen molar-refractivity contribution in [3.8, 4) is 0 Å². The number of furan rings is 1. The Labute approximate surface area is 149 Å². The molecule has 1 aromatic heterocycles. The van der Waals surface area contributed by atoms with Crippen LogP contribution in [0.2, 0.25) is 0 Å². The van der Waals surface area contributed by atoms with Crippen molar-refractivity contribution in [2.45, 2.75) is 52.4 Å². The van der Waals surface area contributed by atoms with E-state index in [1.807, 2.05) is 0 Å². The van der Waals surface area contributed by atoms with E-state index < -0.39 is 0 Å². The van der Waals surface area contributed by atoms with E-state index in [-0.39, 0.29) is 10.8 Å². The molecule has 128 valence electrons. The summed E-state index contributed by atoms with van der Waals surface area (Å²) in [6, 6.07) is 17.5. The lowest BCUT2D eigenvalue weighted by Crippen LogP contribution is -2.16. The highest BCUT2D eigenvalue weighted by atomic mass is 16.3. The van der Waals surface area contributed by atoms with Crippen molar-refractivity contribution in [3.63, 3.8) is 0 Å². The molecule has 0 N–H and O–H groups in total. The van der Waals surface area contributed by atoms with Gasteiger partial charge < -0.3 is 4.42 Å². The monoisotopic (exact) mass is 330 g/mol. The molecule has 0 aliphatic rings. The molecule has 0 amide bonds.